The molecule has 1 amide bonds. The average Bonchev–Trinajstić information content (AvgIpc) is 2.77. The number of hydrogen-bond donors (Lipinski definition) is 3. The monoisotopic (exact) mass is 266 g/mol. The third-order valence-corrected chi connectivity index (χ3v) is 3.16. The molecule has 0 aliphatic heterocycles. The summed E-state index contributed by atoms with van der Waals surface area (Å²) >= 11 is 0. The van der Waals surface area contributed by atoms with Crippen molar-refractivity contribution in [1.29, 1.82) is 0 Å². The first-order chi connectivity index (χ1) is 9.65. The fourth-order valence-electron chi connectivity index (χ4n) is 2.24. The molecular formula is C15H14N4O. The Morgan fingerprint density at radius 3 is 2.80 bits per heavy atom. The Hall–Kier alpha value is -2.82. The minimum absolute atomic E-state index is 0.161. The molecule has 0 atom stereocenters. The number of nitrogens with two attached hydrogens (primary N) is 1. The van der Waals surface area contributed by atoms with Gasteiger partial charge >= 0.3 is 0 Å². The molecule has 0 bridgehead atoms. The van der Waals surface area contributed by atoms with Crippen molar-refractivity contribution in [1.82, 2.24) is 9.97 Å². The number of nitrogen functional groups attached to an aromatic ring is 1. The zero-order valence-corrected chi connectivity index (χ0v) is 11.0. The summed E-state index contributed by atoms with van der Waals surface area (Å²) in [5.41, 5.74) is 8.58. The Bertz CT molecular complexity index is 774. The lowest BCUT2D eigenvalue weighted by Crippen LogP contribution is -2.13. The second-order valence-electron chi connectivity index (χ2n) is 4.60. The summed E-state index contributed by atoms with van der Waals surface area (Å²) < 4.78 is 0. The number of benzene rings is 1. The second-order valence-corrected chi connectivity index (χ2v) is 4.60. The van der Waals surface area contributed by atoms with Gasteiger partial charge in [-0.3, -0.25) is 4.79 Å². The zero-order chi connectivity index (χ0) is 14.1. The minimum Gasteiger partial charge on any atom is -0.384 e. The molecule has 0 unspecified atom stereocenters. The van der Waals surface area contributed by atoms with Gasteiger partial charge in [0, 0.05) is 16.6 Å². The van der Waals surface area contributed by atoms with E-state index in [9.17, 15) is 4.79 Å². The number of anilines is 2. The van der Waals surface area contributed by atoms with E-state index in [0.29, 0.717) is 17.1 Å². The molecule has 1 aromatic carbocycles. The van der Waals surface area contributed by atoms with Gasteiger partial charge in [0.2, 0.25) is 0 Å². The van der Waals surface area contributed by atoms with Crippen LogP contribution in [0.1, 0.15) is 16.1 Å². The second kappa shape index (κ2) is 4.70. The predicted molar refractivity (Wildman–Crippen MR) is 79.6 cm³/mol. The van der Waals surface area contributed by atoms with Crippen LogP contribution >= 0.6 is 0 Å². The lowest BCUT2D eigenvalue weighted by atomic mass is 10.1. The molecule has 4 N–H and O–H groups in total. The zero-order valence-electron chi connectivity index (χ0n) is 11.0. The van der Waals surface area contributed by atoms with Gasteiger partial charge in [-0.25, -0.2) is 4.98 Å². The van der Waals surface area contributed by atoms with E-state index < -0.39 is 0 Å². The summed E-state index contributed by atoms with van der Waals surface area (Å²) in [6.45, 7) is 1.89. The van der Waals surface area contributed by atoms with Crippen LogP contribution in [-0.4, -0.2) is 15.9 Å². The van der Waals surface area contributed by atoms with Crippen molar-refractivity contribution in [3.8, 4) is 0 Å². The number of hydrogen-bond acceptors (Lipinski definition) is 3. The van der Waals surface area contributed by atoms with Crippen LogP contribution in [0.3, 0.4) is 0 Å². The maximum absolute atomic E-state index is 12.4. The van der Waals surface area contributed by atoms with Gasteiger partial charge in [-0.2, -0.15) is 0 Å². The largest absolute Gasteiger partial charge is 0.384 e. The number of carbonyl (C=O) groups is 1. The number of aryl methyl sites for hydroxylation is 1. The highest BCUT2D eigenvalue weighted by Crippen LogP contribution is 2.22. The highest BCUT2D eigenvalue weighted by atomic mass is 16.1. The Morgan fingerprint density at radius 2 is 2.05 bits per heavy atom. The number of nitrogens with zero attached hydrogens (tertiary/aromatic N) is 1. The van der Waals surface area contributed by atoms with Gasteiger partial charge < -0.3 is 16.0 Å². The molecule has 0 spiro atoms. The third-order valence-electron chi connectivity index (χ3n) is 3.16. The Morgan fingerprint density at radius 1 is 1.25 bits per heavy atom. The molecule has 0 fully saturated rings. The molecule has 100 valence electrons. The molecule has 0 saturated heterocycles. The lowest BCUT2D eigenvalue weighted by molar-refractivity contribution is 0.102. The van der Waals surface area contributed by atoms with Crippen LogP contribution in [0, 0.1) is 6.92 Å². The molecule has 3 rings (SSSR count). The first-order valence-electron chi connectivity index (χ1n) is 6.25. The van der Waals surface area contributed by atoms with Gasteiger partial charge in [-0.1, -0.05) is 18.2 Å². The molecule has 0 aliphatic carbocycles. The third kappa shape index (κ3) is 2.09. The van der Waals surface area contributed by atoms with Crippen molar-refractivity contribution in [3.63, 3.8) is 0 Å². The molecule has 0 saturated carbocycles. The minimum atomic E-state index is -0.161. The van der Waals surface area contributed by atoms with Gasteiger partial charge in [0.15, 0.2) is 0 Å². The van der Waals surface area contributed by atoms with Crippen LogP contribution in [0.25, 0.3) is 10.9 Å². The molecule has 0 radical (unpaired) electrons. The van der Waals surface area contributed by atoms with Crippen molar-refractivity contribution in [2.75, 3.05) is 11.1 Å². The van der Waals surface area contributed by atoms with Gasteiger partial charge in [0.25, 0.3) is 5.91 Å². The first kappa shape index (κ1) is 12.2. The Kier molecular flexibility index (Phi) is 2.87. The number of carbonyl (C=O) groups excluding carboxylic acids is 1. The van der Waals surface area contributed by atoms with Gasteiger partial charge in [-0.05, 0) is 25.1 Å². The fourth-order valence-corrected chi connectivity index (χ4v) is 2.24. The summed E-state index contributed by atoms with van der Waals surface area (Å²) in [6.07, 6.45) is 1.54. The molecule has 3 aromatic rings. The topological polar surface area (TPSA) is 83.8 Å². The highest BCUT2D eigenvalue weighted by molar-refractivity contribution is 6.13. The van der Waals surface area contributed by atoms with Crippen molar-refractivity contribution < 1.29 is 4.79 Å². The highest BCUT2D eigenvalue weighted by Gasteiger charge is 2.15. The van der Waals surface area contributed by atoms with E-state index in [0.717, 1.165) is 16.6 Å². The van der Waals surface area contributed by atoms with Crippen LogP contribution in [0.4, 0.5) is 11.5 Å². The molecule has 0 aliphatic rings. The summed E-state index contributed by atoms with van der Waals surface area (Å²) in [4.78, 5) is 19.6. The van der Waals surface area contributed by atoms with E-state index in [4.69, 9.17) is 5.73 Å². The molecule has 5 nitrogen and oxygen atoms in total. The summed E-state index contributed by atoms with van der Waals surface area (Å²) in [5, 5.41) is 3.74. The molecule has 2 heterocycles. The number of fused-ring (bicyclic) bond motifs is 1. The van der Waals surface area contributed by atoms with Crippen LogP contribution in [0.15, 0.2) is 42.6 Å². The summed E-state index contributed by atoms with van der Waals surface area (Å²) in [7, 11) is 0. The number of para-hydroxylation sites is 1. The number of aromatic amines is 1. The first-order valence-corrected chi connectivity index (χ1v) is 6.25. The number of H-pyrrole nitrogens is 1. The smallest absolute Gasteiger partial charge is 0.258 e. The normalized spacial score (nSPS) is 10.7. The molecule has 2 aromatic heterocycles. The SMILES string of the molecule is Cc1[nH]c2ccccc2c1C(=O)Nc1ccc(N)nc1. The Balaban J connectivity index is 1.96. The summed E-state index contributed by atoms with van der Waals surface area (Å²) in [5.74, 6) is 0.262. The quantitative estimate of drug-likeness (QED) is 0.666. The average molecular weight is 266 g/mol. The van der Waals surface area contributed by atoms with Crippen LogP contribution < -0.4 is 11.1 Å². The number of aromatic nitrogens is 2. The predicted octanol–water partition coefficient (Wildman–Crippen LogP) is 2.71. The number of pyridine rings is 1. The summed E-state index contributed by atoms with van der Waals surface area (Å²) in [6, 6.07) is 11.1. The van der Waals surface area contributed by atoms with Crippen LogP contribution in [-0.2, 0) is 0 Å². The van der Waals surface area contributed by atoms with Gasteiger partial charge in [0.05, 0.1) is 17.4 Å². The van der Waals surface area contributed by atoms with E-state index >= 15 is 0 Å². The van der Waals surface area contributed by atoms with Gasteiger partial charge in [0.1, 0.15) is 5.82 Å². The number of nitrogens with one attached hydrogen (secondary N) is 2. The fraction of sp³-hybridized carbons (Fsp3) is 0.0667. The van der Waals surface area contributed by atoms with E-state index in [1.54, 1.807) is 12.1 Å². The van der Waals surface area contributed by atoms with Crippen LogP contribution in [0.5, 0.6) is 0 Å². The molecule has 5 heteroatoms. The van der Waals surface area contributed by atoms with Crippen molar-refractivity contribution in [2.24, 2.45) is 0 Å². The van der Waals surface area contributed by atoms with Crippen molar-refractivity contribution in [2.45, 2.75) is 6.92 Å². The maximum Gasteiger partial charge on any atom is 0.258 e. The van der Waals surface area contributed by atoms with Gasteiger partial charge in [-0.15, -0.1) is 0 Å². The van der Waals surface area contributed by atoms with Crippen molar-refractivity contribution >= 4 is 28.3 Å². The molecule has 20 heavy (non-hydrogen) atoms. The molecular weight excluding hydrogens is 252 g/mol. The van der Waals surface area contributed by atoms with E-state index in [2.05, 4.69) is 15.3 Å². The number of rotatable bonds is 2. The van der Waals surface area contributed by atoms with Crippen molar-refractivity contribution in [3.05, 3.63) is 53.9 Å². The van der Waals surface area contributed by atoms with E-state index in [1.165, 1.54) is 6.20 Å². The lowest BCUT2D eigenvalue weighted by Gasteiger charge is -2.05. The standard InChI is InChI=1S/C15H14N4O/c1-9-14(11-4-2-3-5-12(11)18-9)15(20)19-10-6-7-13(16)17-8-10/h2-8,18H,1H3,(H2,16,17)(H,19,20). The van der Waals surface area contributed by atoms with E-state index in [1.807, 2.05) is 31.2 Å². The van der Waals surface area contributed by atoms with Crippen LogP contribution in [0.2, 0.25) is 0 Å². The Labute approximate surface area is 115 Å². The maximum atomic E-state index is 12.4. The number of amides is 1. The van der Waals surface area contributed by atoms with E-state index in [-0.39, 0.29) is 5.91 Å².